The highest BCUT2D eigenvalue weighted by molar-refractivity contribution is 7.16. The second-order valence-corrected chi connectivity index (χ2v) is 6.72. The number of hydrogen-bond donors (Lipinski definition) is 1. The molecule has 4 rings (SSSR count). The fraction of sp³-hybridized carbons (Fsp3) is 0.375. The highest BCUT2D eigenvalue weighted by Gasteiger charge is 2.22. The van der Waals surface area contributed by atoms with Crippen LogP contribution in [0.1, 0.15) is 18.5 Å². The molecule has 0 bridgehead atoms. The van der Waals surface area contributed by atoms with Crippen LogP contribution < -0.4 is 10.2 Å². The van der Waals surface area contributed by atoms with Gasteiger partial charge in [0.05, 0.1) is 11.1 Å². The van der Waals surface area contributed by atoms with Gasteiger partial charge in [-0.05, 0) is 43.3 Å². The molecule has 0 radical (unpaired) electrons. The van der Waals surface area contributed by atoms with Gasteiger partial charge in [-0.2, -0.15) is 5.10 Å². The van der Waals surface area contributed by atoms with E-state index in [4.69, 9.17) is 0 Å². The molecule has 0 amide bonds. The van der Waals surface area contributed by atoms with E-state index in [-0.39, 0.29) is 0 Å². The van der Waals surface area contributed by atoms with Crippen LogP contribution in [0.15, 0.2) is 29.9 Å². The highest BCUT2D eigenvalue weighted by atomic mass is 32.1. The Labute approximate surface area is 138 Å². The van der Waals surface area contributed by atoms with Gasteiger partial charge in [0, 0.05) is 19.1 Å². The molecule has 3 aromatic heterocycles. The molecular formula is C16H18N6S. The molecule has 1 N–H and O–H groups in total. The third-order valence-corrected chi connectivity index (χ3v) is 4.95. The molecule has 1 aliphatic rings. The zero-order chi connectivity index (χ0) is 15.6. The Morgan fingerprint density at radius 3 is 3.04 bits per heavy atom. The van der Waals surface area contributed by atoms with E-state index in [0.717, 1.165) is 53.5 Å². The van der Waals surface area contributed by atoms with Crippen LogP contribution in [0.2, 0.25) is 0 Å². The van der Waals surface area contributed by atoms with E-state index < -0.39 is 0 Å². The van der Waals surface area contributed by atoms with Crippen molar-refractivity contribution in [1.82, 2.24) is 20.2 Å². The average Bonchev–Trinajstić information content (AvgIpc) is 3.06. The van der Waals surface area contributed by atoms with Gasteiger partial charge in [-0.15, -0.1) is 16.4 Å². The predicted molar refractivity (Wildman–Crippen MR) is 93.0 cm³/mol. The third-order valence-electron chi connectivity index (χ3n) is 4.13. The van der Waals surface area contributed by atoms with Gasteiger partial charge in [0.15, 0.2) is 5.82 Å². The molecule has 3 aromatic rings. The number of anilines is 2. The topological polar surface area (TPSA) is 66.8 Å². The zero-order valence-electron chi connectivity index (χ0n) is 12.9. The SMILES string of the molecule is Cc1ccc(N2CCCC(Nc3ncnc4sccc34)C2)nn1. The monoisotopic (exact) mass is 326 g/mol. The fourth-order valence-electron chi connectivity index (χ4n) is 2.96. The van der Waals surface area contributed by atoms with E-state index in [1.807, 2.05) is 19.1 Å². The molecular weight excluding hydrogens is 308 g/mol. The maximum Gasteiger partial charge on any atom is 0.151 e. The van der Waals surface area contributed by atoms with Gasteiger partial charge in [0.1, 0.15) is 17.0 Å². The van der Waals surface area contributed by atoms with Crippen LogP contribution in [0.5, 0.6) is 0 Å². The van der Waals surface area contributed by atoms with Gasteiger partial charge >= 0.3 is 0 Å². The normalized spacial score (nSPS) is 18.3. The van der Waals surface area contributed by atoms with Crippen molar-refractivity contribution in [2.75, 3.05) is 23.3 Å². The van der Waals surface area contributed by atoms with E-state index in [1.54, 1.807) is 17.7 Å². The van der Waals surface area contributed by atoms with Crippen molar-refractivity contribution in [2.45, 2.75) is 25.8 Å². The fourth-order valence-corrected chi connectivity index (χ4v) is 3.69. The van der Waals surface area contributed by atoms with Crippen molar-refractivity contribution in [3.63, 3.8) is 0 Å². The number of thiophene rings is 1. The molecule has 0 saturated carbocycles. The Morgan fingerprint density at radius 1 is 1.22 bits per heavy atom. The predicted octanol–water partition coefficient (Wildman–Crippen LogP) is 2.87. The molecule has 1 saturated heterocycles. The van der Waals surface area contributed by atoms with Crippen molar-refractivity contribution >= 4 is 33.2 Å². The maximum atomic E-state index is 4.42. The van der Waals surface area contributed by atoms with E-state index in [9.17, 15) is 0 Å². The minimum absolute atomic E-state index is 0.352. The lowest BCUT2D eigenvalue weighted by Crippen LogP contribution is -2.42. The molecule has 0 aromatic carbocycles. The van der Waals surface area contributed by atoms with Crippen LogP contribution in [-0.4, -0.2) is 39.3 Å². The Morgan fingerprint density at radius 2 is 2.17 bits per heavy atom. The summed E-state index contributed by atoms with van der Waals surface area (Å²) in [4.78, 5) is 12.0. The molecule has 1 fully saturated rings. The van der Waals surface area contributed by atoms with Crippen LogP contribution >= 0.6 is 11.3 Å². The second-order valence-electron chi connectivity index (χ2n) is 5.82. The molecule has 23 heavy (non-hydrogen) atoms. The maximum absolute atomic E-state index is 4.42. The summed E-state index contributed by atoms with van der Waals surface area (Å²) in [6.07, 6.45) is 3.89. The first-order valence-corrected chi connectivity index (χ1v) is 8.67. The van der Waals surface area contributed by atoms with E-state index >= 15 is 0 Å². The number of aryl methyl sites for hydroxylation is 1. The number of aromatic nitrogens is 4. The molecule has 4 heterocycles. The molecule has 0 spiro atoms. The molecule has 1 atom stereocenters. The highest BCUT2D eigenvalue weighted by Crippen LogP contribution is 2.26. The summed E-state index contributed by atoms with van der Waals surface area (Å²) < 4.78 is 0. The minimum atomic E-state index is 0.352. The van der Waals surface area contributed by atoms with E-state index in [2.05, 4.69) is 41.8 Å². The van der Waals surface area contributed by atoms with E-state index in [0.29, 0.717) is 6.04 Å². The summed E-state index contributed by atoms with van der Waals surface area (Å²) in [6.45, 7) is 3.89. The van der Waals surface area contributed by atoms with Gasteiger partial charge in [-0.3, -0.25) is 0 Å². The lowest BCUT2D eigenvalue weighted by molar-refractivity contribution is 0.524. The Hall–Kier alpha value is -2.28. The van der Waals surface area contributed by atoms with E-state index in [1.165, 1.54) is 0 Å². The number of fused-ring (bicyclic) bond motifs is 1. The summed E-state index contributed by atoms with van der Waals surface area (Å²) in [5.41, 5.74) is 0.946. The van der Waals surface area contributed by atoms with Gasteiger partial charge in [-0.1, -0.05) is 0 Å². The van der Waals surface area contributed by atoms with Crippen LogP contribution in [-0.2, 0) is 0 Å². The Bertz CT molecular complexity index is 800. The molecule has 7 heteroatoms. The number of nitrogens with one attached hydrogen (secondary N) is 1. The standard InChI is InChI=1S/C16H18N6S/c1-11-4-5-14(21-20-11)22-7-2-3-12(9-22)19-15-13-6-8-23-16(13)18-10-17-15/h4-6,8,10,12H,2-3,7,9H2,1H3,(H,17,18,19). The summed E-state index contributed by atoms with van der Waals surface area (Å²) in [5, 5.41) is 15.2. The third kappa shape index (κ3) is 2.96. The van der Waals surface area contributed by atoms with Crippen molar-refractivity contribution in [3.8, 4) is 0 Å². The molecule has 0 aliphatic carbocycles. The first-order chi connectivity index (χ1) is 11.3. The summed E-state index contributed by atoms with van der Waals surface area (Å²) in [6, 6.07) is 6.49. The van der Waals surface area contributed by atoms with Gasteiger partial charge in [-0.25, -0.2) is 9.97 Å². The Balaban J connectivity index is 1.51. The van der Waals surface area contributed by atoms with Crippen LogP contribution in [0.4, 0.5) is 11.6 Å². The Kier molecular flexibility index (Phi) is 3.78. The van der Waals surface area contributed by atoms with Gasteiger partial charge < -0.3 is 10.2 Å². The average molecular weight is 326 g/mol. The van der Waals surface area contributed by atoms with Crippen LogP contribution in [0.3, 0.4) is 0 Å². The first kappa shape index (κ1) is 14.3. The van der Waals surface area contributed by atoms with Gasteiger partial charge in [0.2, 0.25) is 0 Å². The van der Waals surface area contributed by atoms with Crippen molar-refractivity contribution in [1.29, 1.82) is 0 Å². The molecule has 1 unspecified atom stereocenters. The largest absolute Gasteiger partial charge is 0.365 e. The molecule has 118 valence electrons. The first-order valence-electron chi connectivity index (χ1n) is 7.79. The quantitative estimate of drug-likeness (QED) is 0.798. The lowest BCUT2D eigenvalue weighted by Gasteiger charge is -2.34. The second kappa shape index (κ2) is 6.08. The number of hydrogen-bond acceptors (Lipinski definition) is 7. The van der Waals surface area contributed by atoms with Crippen LogP contribution in [0.25, 0.3) is 10.2 Å². The number of rotatable bonds is 3. The lowest BCUT2D eigenvalue weighted by atomic mass is 10.1. The van der Waals surface area contributed by atoms with Crippen molar-refractivity contribution < 1.29 is 0 Å². The van der Waals surface area contributed by atoms with Crippen molar-refractivity contribution in [3.05, 3.63) is 35.6 Å². The van der Waals surface area contributed by atoms with Crippen molar-refractivity contribution in [2.24, 2.45) is 0 Å². The minimum Gasteiger partial charge on any atom is -0.365 e. The smallest absolute Gasteiger partial charge is 0.151 e. The summed E-state index contributed by atoms with van der Waals surface area (Å²) in [7, 11) is 0. The molecule has 6 nitrogen and oxygen atoms in total. The molecule has 1 aliphatic heterocycles. The van der Waals surface area contributed by atoms with Gasteiger partial charge in [0.25, 0.3) is 0 Å². The number of nitrogens with zero attached hydrogens (tertiary/aromatic N) is 5. The summed E-state index contributed by atoms with van der Waals surface area (Å²) in [5.74, 6) is 1.88. The zero-order valence-corrected chi connectivity index (χ0v) is 13.8. The number of piperidine rings is 1. The summed E-state index contributed by atoms with van der Waals surface area (Å²) >= 11 is 1.64. The van der Waals surface area contributed by atoms with Crippen LogP contribution in [0, 0.1) is 6.92 Å².